The minimum Gasteiger partial charge on any atom is -0.495 e. The van der Waals surface area contributed by atoms with E-state index in [0.717, 1.165) is 24.2 Å². The molecular weight excluding hydrogens is 631 g/mol. The summed E-state index contributed by atoms with van der Waals surface area (Å²) in [6.07, 6.45) is -2.61. The van der Waals surface area contributed by atoms with E-state index in [1.165, 1.54) is 23.7 Å². The number of piperazine rings is 1. The molecule has 1 aliphatic heterocycles. The molecule has 242 valence electrons. The highest BCUT2D eigenvalue weighted by molar-refractivity contribution is 7.82. The minimum absolute atomic E-state index is 0.133. The van der Waals surface area contributed by atoms with Crippen LogP contribution in [0.5, 0.6) is 11.6 Å². The van der Waals surface area contributed by atoms with E-state index in [4.69, 9.17) is 22.1 Å². The van der Waals surface area contributed by atoms with Crippen molar-refractivity contribution in [3.8, 4) is 11.6 Å². The molecule has 3 aromatic rings. The quantitative estimate of drug-likeness (QED) is 0.233. The largest absolute Gasteiger partial charge is 0.495 e. The number of anilines is 2. The number of nitrogens with zero attached hydrogens (tertiary/aromatic N) is 5. The molecule has 11 nitrogen and oxygen atoms in total. The minimum atomic E-state index is -4.84. The fourth-order valence-corrected chi connectivity index (χ4v) is 6.57. The van der Waals surface area contributed by atoms with Crippen molar-refractivity contribution in [2.45, 2.75) is 23.6 Å². The van der Waals surface area contributed by atoms with Crippen molar-refractivity contribution in [3.63, 3.8) is 0 Å². The van der Waals surface area contributed by atoms with Gasteiger partial charge in [0.2, 0.25) is 11.8 Å². The van der Waals surface area contributed by atoms with Crippen molar-refractivity contribution in [1.82, 2.24) is 29.6 Å². The number of alkyl halides is 3. The number of aromatic nitrogens is 2. The lowest BCUT2D eigenvalue weighted by atomic mass is 10.1. The molecule has 0 bridgehead atoms. The van der Waals surface area contributed by atoms with E-state index in [9.17, 15) is 22.2 Å². The van der Waals surface area contributed by atoms with E-state index in [-0.39, 0.29) is 24.0 Å². The van der Waals surface area contributed by atoms with Crippen LogP contribution in [0.25, 0.3) is 0 Å². The summed E-state index contributed by atoms with van der Waals surface area (Å²) in [4.78, 5) is 21.5. The van der Waals surface area contributed by atoms with Crippen LogP contribution >= 0.6 is 12.6 Å². The standard InChI is InChI=1S/C29H34F3N7O4S2/c1-37-11-13-39(14-12-37)36-25(40)18-9-10-22(23(15-18)42-3)34-27-33-17-21(29(30,31)32)26(35-27)43-28(44)16-19-7-5-6-8-20(19)24(28)38(2)45(4)41/h5-10,15,17,24,44H,11-14,16H2,1-4H3,(H,36,40)(H,33,34,35)/t24-,28?,45?/m1/s1. The molecule has 3 atom stereocenters. The summed E-state index contributed by atoms with van der Waals surface area (Å²) in [5.41, 5.74) is 3.87. The SMILES string of the molecule is COc1cc(C(=O)NN2CCN(C)CC2)ccc1Nc1ncc(C(F)(F)F)c(OC2(S)Cc3ccccc3[C@H]2N(C)S(C)=O)n1. The number of nitrogens with one attached hydrogen (secondary N) is 2. The van der Waals surface area contributed by atoms with Gasteiger partial charge in [-0.15, -0.1) is 12.6 Å². The number of thiol groups is 1. The third-order valence-corrected chi connectivity index (χ3v) is 9.31. The number of fused-ring (bicyclic) bond motifs is 1. The Balaban J connectivity index is 1.42. The Bertz CT molecular complexity index is 1590. The molecule has 2 N–H and O–H groups in total. The molecule has 0 radical (unpaired) electrons. The molecule has 1 saturated heterocycles. The second-order valence-corrected chi connectivity index (χ2v) is 13.1. The van der Waals surface area contributed by atoms with Gasteiger partial charge in [-0.3, -0.25) is 10.2 Å². The predicted molar refractivity (Wildman–Crippen MR) is 167 cm³/mol. The van der Waals surface area contributed by atoms with E-state index in [2.05, 4.69) is 25.6 Å². The van der Waals surface area contributed by atoms with Crippen LogP contribution in [0.15, 0.2) is 48.7 Å². The normalized spacial score (nSPS) is 21.3. The van der Waals surface area contributed by atoms with Gasteiger partial charge in [0, 0.05) is 57.7 Å². The molecular formula is C29H34F3N7O4S2. The lowest BCUT2D eigenvalue weighted by Crippen LogP contribution is -2.52. The van der Waals surface area contributed by atoms with Crippen molar-refractivity contribution < 1.29 is 31.6 Å². The van der Waals surface area contributed by atoms with Crippen LogP contribution < -0.4 is 20.2 Å². The van der Waals surface area contributed by atoms with Crippen LogP contribution in [0.2, 0.25) is 0 Å². The van der Waals surface area contributed by atoms with E-state index in [0.29, 0.717) is 30.5 Å². The number of hydrogen-bond acceptors (Lipinski definition) is 10. The van der Waals surface area contributed by atoms with Crippen LogP contribution in [0.4, 0.5) is 24.8 Å². The van der Waals surface area contributed by atoms with Crippen LogP contribution in [0, 0.1) is 0 Å². The van der Waals surface area contributed by atoms with Gasteiger partial charge < -0.3 is 19.7 Å². The smallest absolute Gasteiger partial charge is 0.423 e. The summed E-state index contributed by atoms with van der Waals surface area (Å²) in [6, 6.07) is 11.1. The molecule has 1 aromatic heterocycles. The molecule has 2 aliphatic rings. The molecule has 2 unspecified atom stereocenters. The number of amides is 1. The molecule has 45 heavy (non-hydrogen) atoms. The lowest BCUT2D eigenvalue weighted by molar-refractivity contribution is -0.140. The Hall–Kier alpha value is -3.44. The van der Waals surface area contributed by atoms with Crippen LogP contribution in [-0.2, 0) is 23.6 Å². The van der Waals surface area contributed by atoms with Gasteiger partial charge in [0.1, 0.15) is 11.3 Å². The number of carbonyl (C=O) groups is 1. The Kier molecular flexibility index (Phi) is 9.60. The maximum atomic E-state index is 14.2. The zero-order valence-electron chi connectivity index (χ0n) is 25.1. The van der Waals surface area contributed by atoms with E-state index < -0.39 is 39.6 Å². The fraction of sp³-hybridized carbons (Fsp3) is 0.414. The van der Waals surface area contributed by atoms with Gasteiger partial charge in [-0.25, -0.2) is 18.5 Å². The maximum absolute atomic E-state index is 14.2. The first-order valence-corrected chi connectivity index (χ1v) is 15.9. The topological polar surface area (TPSA) is 112 Å². The van der Waals surface area contributed by atoms with Crippen LogP contribution in [0.1, 0.15) is 33.1 Å². The van der Waals surface area contributed by atoms with Crippen molar-refractivity contribution in [2.75, 3.05) is 59.0 Å². The number of hydrogen-bond donors (Lipinski definition) is 3. The fourth-order valence-electron chi connectivity index (χ4n) is 5.34. The summed E-state index contributed by atoms with van der Waals surface area (Å²) >= 11 is 4.75. The average molecular weight is 666 g/mol. The van der Waals surface area contributed by atoms with E-state index in [1.807, 2.05) is 24.2 Å². The number of hydrazine groups is 1. The molecule has 5 rings (SSSR count). The van der Waals surface area contributed by atoms with Gasteiger partial charge in [-0.2, -0.15) is 18.2 Å². The molecule has 1 fully saturated rings. The summed E-state index contributed by atoms with van der Waals surface area (Å²) in [7, 11) is 3.52. The zero-order chi connectivity index (χ0) is 32.5. The van der Waals surface area contributed by atoms with E-state index >= 15 is 0 Å². The molecule has 16 heteroatoms. The summed E-state index contributed by atoms with van der Waals surface area (Å²) in [6.45, 7) is 3.01. The van der Waals surface area contributed by atoms with Gasteiger partial charge in [-0.1, -0.05) is 24.3 Å². The number of ether oxygens (including phenoxy) is 2. The first-order valence-electron chi connectivity index (χ1n) is 14.0. The van der Waals surface area contributed by atoms with Gasteiger partial charge in [0.15, 0.2) is 4.93 Å². The predicted octanol–water partition coefficient (Wildman–Crippen LogP) is 3.67. The zero-order valence-corrected chi connectivity index (χ0v) is 26.8. The monoisotopic (exact) mass is 665 g/mol. The first-order chi connectivity index (χ1) is 21.3. The van der Waals surface area contributed by atoms with Gasteiger partial charge in [0.25, 0.3) is 5.91 Å². The third kappa shape index (κ3) is 7.19. The Morgan fingerprint density at radius 1 is 1.18 bits per heavy atom. The number of carbonyl (C=O) groups excluding carboxylic acids is 1. The summed E-state index contributed by atoms with van der Waals surface area (Å²) in [5.74, 6) is -1.03. The Morgan fingerprint density at radius 3 is 2.56 bits per heavy atom. The highest BCUT2D eigenvalue weighted by Crippen LogP contribution is 2.49. The number of likely N-dealkylation sites (N-methyl/N-ethyl adjacent to an activating group) is 2. The Morgan fingerprint density at radius 2 is 1.89 bits per heavy atom. The van der Waals surface area contributed by atoms with Crippen LogP contribution in [0.3, 0.4) is 0 Å². The van der Waals surface area contributed by atoms with Crippen LogP contribution in [-0.4, -0.2) is 92.9 Å². The van der Waals surface area contributed by atoms with Gasteiger partial charge in [-0.05, 0) is 36.4 Å². The molecule has 2 heterocycles. The van der Waals surface area contributed by atoms with Crippen molar-refractivity contribution >= 4 is 41.2 Å². The van der Waals surface area contributed by atoms with Crippen molar-refractivity contribution in [2.24, 2.45) is 0 Å². The summed E-state index contributed by atoms with van der Waals surface area (Å²) < 4.78 is 67.9. The first kappa shape index (κ1) is 32.9. The second-order valence-electron chi connectivity index (χ2n) is 10.9. The highest BCUT2D eigenvalue weighted by atomic mass is 32.2. The molecule has 0 spiro atoms. The summed E-state index contributed by atoms with van der Waals surface area (Å²) in [5, 5.41) is 4.72. The number of rotatable bonds is 9. The molecule has 1 amide bonds. The molecule has 2 aromatic carbocycles. The Labute approximate surface area is 267 Å². The van der Waals surface area contributed by atoms with Crippen molar-refractivity contribution in [3.05, 3.63) is 70.9 Å². The third-order valence-electron chi connectivity index (χ3n) is 7.80. The number of benzene rings is 2. The van der Waals surface area contributed by atoms with E-state index in [1.54, 1.807) is 31.3 Å². The number of halogens is 3. The van der Waals surface area contributed by atoms with Gasteiger partial charge in [0.05, 0.1) is 29.8 Å². The molecule has 0 saturated carbocycles. The molecule has 1 aliphatic carbocycles. The van der Waals surface area contributed by atoms with Gasteiger partial charge >= 0.3 is 6.18 Å². The maximum Gasteiger partial charge on any atom is 0.423 e. The lowest BCUT2D eigenvalue weighted by Gasteiger charge is -2.36. The average Bonchev–Trinajstić information content (AvgIpc) is 3.28. The highest BCUT2D eigenvalue weighted by Gasteiger charge is 2.50. The number of methoxy groups -OCH3 is 1. The van der Waals surface area contributed by atoms with Crippen molar-refractivity contribution in [1.29, 1.82) is 0 Å². The second kappa shape index (κ2) is 13.1.